The number of hydrogen-bond donors (Lipinski definition) is 0. The second kappa shape index (κ2) is 6.82. The summed E-state index contributed by atoms with van der Waals surface area (Å²) >= 11 is 0. The second-order valence-corrected chi connectivity index (χ2v) is 5.67. The lowest BCUT2D eigenvalue weighted by Crippen LogP contribution is -2.17. The van der Waals surface area contributed by atoms with Crippen LogP contribution >= 0.6 is 0 Å². The summed E-state index contributed by atoms with van der Waals surface area (Å²) in [5, 5.41) is 8.94. The Kier molecular flexibility index (Phi) is 6.54. The highest BCUT2D eigenvalue weighted by Crippen LogP contribution is 2.12. The predicted octanol–water partition coefficient (Wildman–Crippen LogP) is 4.41. The van der Waals surface area contributed by atoms with Gasteiger partial charge in [0.25, 0.3) is 0 Å². The molecule has 0 aliphatic carbocycles. The van der Waals surface area contributed by atoms with Crippen LogP contribution in [0, 0.1) is 23.7 Å². The molecule has 0 heterocycles. The van der Waals surface area contributed by atoms with Gasteiger partial charge < -0.3 is 0 Å². The Hall–Kier alpha value is -0.660. The van der Waals surface area contributed by atoms with Gasteiger partial charge in [0, 0.05) is 11.4 Å². The summed E-state index contributed by atoms with van der Waals surface area (Å²) in [6.07, 6.45) is 0. The van der Waals surface area contributed by atoms with Gasteiger partial charge in [0.1, 0.15) is 0 Å². The first-order chi connectivity index (χ1) is 7.27. The lowest BCUT2D eigenvalue weighted by Gasteiger charge is -2.15. The Balaban J connectivity index is 5.03. The van der Waals surface area contributed by atoms with Crippen LogP contribution in [0.5, 0.6) is 0 Å². The van der Waals surface area contributed by atoms with Crippen molar-refractivity contribution in [3.05, 3.63) is 0 Å². The monoisotopic (exact) mass is 224 g/mol. The highest BCUT2D eigenvalue weighted by Gasteiger charge is 2.12. The fraction of sp³-hybridized carbons (Fsp3) is 0.857. The number of rotatable bonds is 5. The van der Waals surface area contributed by atoms with Crippen molar-refractivity contribution in [3.8, 4) is 0 Å². The molecule has 0 aliphatic rings. The average Bonchev–Trinajstić information content (AvgIpc) is 2.09. The van der Waals surface area contributed by atoms with Crippen LogP contribution in [0.25, 0.3) is 0 Å². The fourth-order valence-electron chi connectivity index (χ4n) is 1.91. The van der Waals surface area contributed by atoms with Gasteiger partial charge in [-0.2, -0.15) is 10.2 Å². The Morgan fingerprint density at radius 2 is 0.688 bits per heavy atom. The summed E-state index contributed by atoms with van der Waals surface area (Å²) < 4.78 is 0. The van der Waals surface area contributed by atoms with Crippen LogP contribution in [0.15, 0.2) is 10.2 Å². The minimum Gasteiger partial charge on any atom is -0.160 e. The average molecular weight is 224 g/mol. The Morgan fingerprint density at radius 1 is 0.500 bits per heavy atom. The molecule has 16 heavy (non-hydrogen) atoms. The first kappa shape index (κ1) is 15.3. The summed E-state index contributed by atoms with van der Waals surface area (Å²) in [7, 11) is 0. The SMILES string of the molecule is CC(C)C(=NN=C(C(C)C)C(C)C)C(C)C. The van der Waals surface area contributed by atoms with E-state index >= 15 is 0 Å². The minimum atomic E-state index is 0.476. The zero-order valence-electron chi connectivity index (χ0n) is 12.2. The van der Waals surface area contributed by atoms with Crippen molar-refractivity contribution in [1.82, 2.24) is 0 Å². The summed E-state index contributed by atoms with van der Waals surface area (Å²) in [5.74, 6) is 1.90. The van der Waals surface area contributed by atoms with E-state index in [1.54, 1.807) is 0 Å². The largest absolute Gasteiger partial charge is 0.160 e. The summed E-state index contributed by atoms with van der Waals surface area (Å²) in [6.45, 7) is 17.4. The van der Waals surface area contributed by atoms with Gasteiger partial charge in [-0.15, -0.1) is 0 Å². The molecule has 0 saturated heterocycles. The third-order valence-electron chi connectivity index (χ3n) is 2.65. The first-order valence-corrected chi connectivity index (χ1v) is 6.42. The molecule has 0 aromatic carbocycles. The molecule has 0 fully saturated rings. The fourth-order valence-corrected chi connectivity index (χ4v) is 1.91. The van der Waals surface area contributed by atoms with Gasteiger partial charge in [0.2, 0.25) is 0 Å². The van der Waals surface area contributed by atoms with Crippen molar-refractivity contribution in [2.45, 2.75) is 55.4 Å². The zero-order valence-corrected chi connectivity index (χ0v) is 12.2. The molecule has 0 atom stereocenters. The maximum atomic E-state index is 4.47. The van der Waals surface area contributed by atoms with Crippen LogP contribution in [0.1, 0.15) is 55.4 Å². The van der Waals surface area contributed by atoms with E-state index in [4.69, 9.17) is 0 Å². The highest BCUT2D eigenvalue weighted by atomic mass is 15.2. The molecule has 0 bridgehead atoms. The minimum absolute atomic E-state index is 0.476. The maximum absolute atomic E-state index is 4.47. The molecular formula is C14H28N2. The van der Waals surface area contributed by atoms with Crippen LogP contribution in [-0.2, 0) is 0 Å². The van der Waals surface area contributed by atoms with Gasteiger partial charge in [0.15, 0.2) is 0 Å². The van der Waals surface area contributed by atoms with Crippen molar-refractivity contribution in [3.63, 3.8) is 0 Å². The second-order valence-electron chi connectivity index (χ2n) is 5.67. The number of hydrogen-bond acceptors (Lipinski definition) is 2. The number of nitrogens with zero attached hydrogens (tertiary/aromatic N) is 2. The Labute approximate surface area is 101 Å². The quantitative estimate of drug-likeness (QED) is 0.488. The normalized spacial score (nSPS) is 11.5. The highest BCUT2D eigenvalue weighted by molar-refractivity contribution is 5.91. The van der Waals surface area contributed by atoms with Crippen molar-refractivity contribution >= 4 is 11.4 Å². The van der Waals surface area contributed by atoms with E-state index in [1.165, 1.54) is 11.4 Å². The molecule has 0 spiro atoms. The van der Waals surface area contributed by atoms with Gasteiger partial charge in [-0.3, -0.25) is 0 Å². The summed E-state index contributed by atoms with van der Waals surface area (Å²) in [5.41, 5.74) is 2.39. The molecule has 0 radical (unpaired) electrons. The molecule has 0 unspecified atom stereocenters. The molecule has 0 aromatic rings. The van der Waals surface area contributed by atoms with Crippen LogP contribution in [0.4, 0.5) is 0 Å². The van der Waals surface area contributed by atoms with Crippen molar-refractivity contribution < 1.29 is 0 Å². The molecule has 0 N–H and O–H groups in total. The molecule has 2 nitrogen and oxygen atoms in total. The molecule has 94 valence electrons. The third kappa shape index (κ3) is 4.91. The van der Waals surface area contributed by atoms with E-state index in [9.17, 15) is 0 Å². The summed E-state index contributed by atoms with van der Waals surface area (Å²) in [4.78, 5) is 0. The lowest BCUT2D eigenvalue weighted by molar-refractivity contribution is 0.738. The topological polar surface area (TPSA) is 24.7 Å². The molecule has 0 aliphatic heterocycles. The van der Waals surface area contributed by atoms with E-state index in [-0.39, 0.29) is 0 Å². The zero-order chi connectivity index (χ0) is 12.9. The van der Waals surface area contributed by atoms with Crippen LogP contribution < -0.4 is 0 Å². The molecule has 0 rings (SSSR count). The van der Waals surface area contributed by atoms with Gasteiger partial charge in [0.05, 0.1) is 0 Å². The van der Waals surface area contributed by atoms with Gasteiger partial charge in [-0.25, -0.2) is 0 Å². The van der Waals surface area contributed by atoms with E-state index < -0.39 is 0 Å². The van der Waals surface area contributed by atoms with Gasteiger partial charge in [-0.05, 0) is 23.7 Å². The molecular weight excluding hydrogens is 196 g/mol. The van der Waals surface area contributed by atoms with Crippen molar-refractivity contribution in [2.24, 2.45) is 33.9 Å². The van der Waals surface area contributed by atoms with Crippen LogP contribution in [0.3, 0.4) is 0 Å². The van der Waals surface area contributed by atoms with Gasteiger partial charge >= 0.3 is 0 Å². The predicted molar refractivity (Wildman–Crippen MR) is 74.2 cm³/mol. The third-order valence-corrected chi connectivity index (χ3v) is 2.65. The van der Waals surface area contributed by atoms with Crippen LogP contribution in [-0.4, -0.2) is 11.4 Å². The van der Waals surface area contributed by atoms with E-state index in [1.807, 2.05) is 0 Å². The van der Waals surface area contributed by atoms with E-state index in [0.29, 0.717) is 23.7 Å². The van der Waals surface area contributed by atoms with E-state index in [0.717, 1.165) is 0 Å². The molecule has 2 heteroatoms. The lowest BCUT2D eigenvalue weighted by atomic mass is 9.97. The smallest absolute Gasteiger partial charge is 0.0456 e. The molecule has 0 amide bonds. The van der Waals surface area contributed by atoms with Crippen molar-refractivity contribution in [1.29, 1.82) is 0 Å². The van der Waals surface area contributed by atoms with Gasteiger partial charge in [-0.1, -0.05) is 55.4 Å². The standard InChI is InChI=1S/C14H28N2/c1-9(2)13(10(3)4)15-16-14(11(5)6)12(7)8/h9-12H,1-8H3. The Morgan fingerprint density at radius 3 is 0.812 bits per heavy atom. The van der Waals surface area contributed by atoms with E-state index in [2.05, 4.69) is 65.6 Å². The molecule has 0 aromatic heterocycles. The van der Waals surface area contributed by atoms with Crippen molar-refractivity contribution in [2.75, 3.05) is 0 Å². The van der Waals surface area contributed by atoms with Crippen LogP contribution in [0.2, 0.25) is 0 Å². The molecule has 0 saturated carbocycles. The maximum Gasteiger partial charge on any atom is 0.0456 e. The Bertz CT molecular complexity index is 210. The summed E-state index contributed by atoms with van der Waals surface area (Å²) in [6, 6.07) is 0. The first-order valence-electron chi connectivity index (χ1n) is 6.42.